The molecule has 2 fully saturated rings. The average molecular weight is 734 g/mol. The van der Waals surface area contributed by atoms with Crippen molar-refractivity contribution in [1.82, 2.24) is 39.9 Å². The third kappa shape index (κ3) is 6.96. The first-order valence-corrected chi connectivity index (χ1v) is 17.3. The molecule has 3 atom stereocenters. The lowest BCUT2D eigenvalue weighted by Crippen LogP contribution is -2.47. The first kappa shape index (κ1) is 36.1. The van der Waals surface area contributed by atoms with Crippen molar-refractivity contribution in [1.29, 1.82) is 0 Å². The summed E-state index contributed by atoms with van der Waals surface area (Å²) in [6.07, 6.45) is 1.62. The van der Waals surface area contributed by atoms with Crippen molar-refractivity contribution in [2.24, 2.45) is 10.8 Å². The maximum Gasteiger partial charge on any atom is 0.433 e. The second-order valence-corrected chi connectivity index (χ2v) is 14.7. The van der Waals surface area contributed by atoms with E-state index in [-0.39, 0.29) is 61.5 Å². The summed E-state index contributed by atoms with van der Waals surface area (Å²) in [4.78, 5) is 72.5. The number of carbonyl (C=O) groups is 4. The van der Waals surface area contributed by atoms with Gasteiger partial charge in [-0.2, -0.15) is 18.3 Å². The lowest BCUT2D eigenvalue weighted by molar-refractivity contribution is -0.141. The van der Waals surface area contributed by atoms with Gasteiger partial charge in [0.25, 0.3) is 0 Å². The summed E-state index contributed by atoms with van der Waals surface area (Å²) in [6.45, 7) is 6.69. The van der Waals surface area contributed by atoms with Crippen molar-refractivity contribution < 1.29 is 37.1 Å². The first-order chi connectivity index (χ1) is 25.1. The number of anilines is 1. The molecule has 2 aliphatic heterocycles. The molecule has 2 N–H and O–H groups in total. The number of aromatic nitrogens is 6. The van der Waals surface area contributed by atoms with Gasteiger partial charge in [0, 0.05) is 65.9 Å². The SMILES string of the molecule is CC(=O)c1nn(CC(=O)N2[C@H]3C[C@@]4(CNC(=O)C(C)(C)CCCOCc5ccc(C(F)(F)F)nc5NC3=O)C[C@@H]24)c2cnc(-c3cnc(C)nc3)cc12. The van der Waals surface area contributed by atoms with Crippen molar-refractivity contribution in [2.45, 2.75) is 84.8 Å². The molecule has 0 aromatic carbocycles. The summed E-state index contributed by atoms with van der Waals surface area (Å²) >= 11 is 0. The monoisotopic (exact) mass is 733 g/mol. The molecule has 1 aliphatic carbocycles. The third-order valence-corrected chi connectivity index (χ3v) is 10.4. The van der Waals surface area contributed by atoms with E-state index in [0.29, 0.717) is 47.2 Å². The Bertz CT molecular complexity index is 2130. The number of aryl methyl sites for hydroxylation is 1. The Kier molecular flexibility index (Phi) is 9.03. The van der Waals surface area contributed by atoms with Crippen LogP contribution in [0.1, 0.15) is 74.0 Å². The van der Waals surface area contributed by atoms with E-state index in [1.54, 1.807) is 25.4 Å². The molecule has 4 aromatic heterocycles. The second kappa shape index (κ2) is 13.3. The molecule has 0 radical (unpaired) electrons. The molecular formula is C36H38F3N9O5. The maximum absolute atomic E-state index is 14.3. The highest BCUT2D eigenvalue weighted by molar-refractivity contribution is 6.06. The molecule has 6 heterocycles. The quantitative estimate of drug-likeness (QED) is 0.289. The van der Waals surface area contributed by atoms with Crippen LogP contribution in [0.2, 0.25) is 0 Å². The van der Waals surface area contributed by atoms with Crippen LogP contribution < -0.4 is 10.6 Å². The Morgan fingerprint density at radius 1 is 1.08 bits per heavy atom. The van der Waals surface area contributed by atoms with Crippen LogP contribution in [0.25, 0.3) is 22.2 Å². The Morgan fingerprint density at radius 2 is 1.83 bits per heavy atom. The van der Waals surface area contributed by atoms with Crippen molar-refractivity contribution in [3.8, 4) is 11.3 Å². The molecule has 3 amide bonds. The first-order valence-electron chi connectivity index (χ1n) is 17.3. The zero-order chi connectivity index (χ0) is 37.9. The molecule has 0 unspecified atom stereocenters. The fourth-order valence-corrected chi connectivity index (χ4v) is 7.29. The van der Waals surface area contributed by atoms with E-state index in [4.69, 9.17) is 4.74 Å². The van der Waals surface area contributed by atoms with Gasteiger partial charge in [0.15, 0.2) is 5.78 Å². The van der Waals surface area contributed by atoms with Crippen LogP contribution in [-0.2, 0) is 38.4 Å². The molecule has 14 nitrogen and oxygen atoms in total. The number of amides is 3. The van der Waals surface area contributed by atoms with Gasteiger partial charge in [-0.25, -0.2) is 15.0 Å². The number of likely N-dealkylation sites (tertiary alicyclic amines) is 1. The number of alkyl halides is 3. The lowest BCUT2D eigenvalue weighted by Gasteiger charge is -2.27. The minimum atomic E-state index is -4.77. The largest absolute Gasteiger partial charge is 0.433 e. The number of nitrogens with zero attached hydrogens (tertiary/aromatic N) is 7. The van der Waals surface area contributed by atoms with Crippen LogP contribution in [0, 0.1) is 17.8 Å². The number of carbonyl (C=O) groups excluding carboxylic acids is 4. The number of hydrogen-bond acceptors (Lipinski definition) is 10. The van der Waals surface area contributed by atoms with Gasteiger partial charge in [-0.05, 0) is 44.7 Å². The minimum absolute atomic E-state index is 0.119. The van der Waals surface area contributed by atoms with Crippen LogP contribution in [0.3, 0.4) is 0 Å². The van der Waals surface area contributed by atoms with Gasteiger partial charge in [0.05, 0.1) is 24.0 Å². The van der Waals surface area contributed by atoms with Gasteiger partial charge in [-0.3, -0.25) is 28.8 Å². The molecular weight excluding hydrogens is 695 g/mol. The number of hydrogen-bond donors (Lipinski definition) is 2. The van der Waals surface area contributed by atoms with E-state index in [9.17, 15) is 32.3 Å². The maximum atomic E-state index is 14.3. The minimum Gasteiger partial charge on any atom is -0.377 e. The van der Waals surface area contributed by atoms with Gasteiger partial charge < -0.3 is 20.3 Å². The summed E-state index contributed by atoms with van der Waals surface area (Å²) in [5.74, 6) is -1.47. The fraction of sp³-hybridized carbons (Fsp3) is 0.472. The highest BCUT2D eigenvalue weighted by atomic mass is 19.4. The number of pyridine rings is 2. The van der Waals surface area contributed by atoms with E-state index in [2.05, 4.69) is 35.7 Å². The molecule has 1 saturated carbocycles. The number of halogens is 3. The van der Waals surface area contributed by atoms with Crippen LogP contribution in [0.4, 0.5) is 19.0 Å². The highest BCUT2D eigenvalue weighted by Crippen LogP contribution is 2.59. The molecule has 7 rings (SSSR count). The number of piperidine rings is 1. The van der Waals surface area contributed by atoms with E-state index in [0.717, 1.165) is 6.07 Å². The average Bonchev–Trinajstić information content (AvgIpc) is 3.52. The van der Waals surface area contributed by atoms with E-state index >= 15 is 0 Å². The zero-order valence-electron chi connectivity index (χ0n) is 29.6. The van der Waals surface area contributed by atoms with Crippen LogP contribution >= 0.6 is 0 Å². The molecule has 1 spiro atoms. The summed E-state index contributed by atoms with van der Waals surface area (Å²) in [7, 11) is 0. The number of fused-ring (bicyclic) bond motifs is 3. The summed E-state index contributed by atoms with van der Waals surface area (Å²) < 4.78 is 48.3. The van der Waals surface area contributed by atoms with Crippen molar-refractivity contribution in [2.75, 3.05) is 18.5 Å². The molecule has 278 valence electrons. The molecule has 4 aromatic rings. The summed E-state index contributed by atoms with van der Waals surface area (Å²) in [6, 6.07) is 2.16. The van der Waals surface area contributed by atoms with Crippen LogP contribution in [0.15, 0.2) is 36.8 Å². The molecule has 1 saturated heterocycles. The predicted molar refractivity (Wildman–Crippen MR) is 183 cm³/mol. The van der Waals surface area contributed by atoms with Crippen LogP contribution in [0.5, 0.6) is 0 Å². The van der Waals surface area contributed by atoms with E-state index in [1.807, 2.05) is 13.8 Å². The van der Waals surface area contributed by atoms with Crippen molar-refractivity contribution in [3.05, 3.63) is 59.6 Å². The number of ketones is 1. The third-order valence-electron chi connectivity index (χ3n) is 10.4. The zero-order valence-corrected chi connectivity index (χ0v) is 29.6. The van der Waals surface area contributed by atoms with Crippen molar-refractivity contribution in [3.63, 3.8) is 0 Å². The number of ether oxygens (including phenoxy) is 1. The van der Waals surface area contributed by atoms with Gasteiger partial charge in [0.1, 0.15) is 35.6 Å². The Balaban J connectivity index is 1.22. The normalized spacial score (nSPS) is 23.2. The van der Waals surface area contributed by atoms with Gasteiger partial charge in [-0.15, -0.1) is 0 Å². The van der Waals surface area contributed by atoms with Gasteiger partial charge in [0.2, 0.25) is 17.7 Å². The van der Waals surface area contributed by atoms with Gasteiger partial charge in [-0.1, -0.05) is 19.9 Å². The van der Waals surface area contributed by atoms with Crippen LogP contribution in [-0.4, -0.2) is 83.4 Å². The number of nitrogens with one attached hydrogen (secondary N) is 2. The Hall–Kier alpha value is -5.32. The standard InChI is InChI=1S/C36H38F3N9O5/c1-19(49)30-23-10-24(22-13-40-20(2)41-14-22)42-15-26(23)47(46-30)16-29(50)48-25-11-35(12-28(35)48)18-43-33(52)34(3,4)8-5-9-53-17-21-6-7-27(36(37,38)39)44-31(21)45-32(25)51/h6-7,10,13-15,25,28H,5,8-9,11-12,16-18H2,1-4H3,(H,43,52)(H,44,45,51)/t25-,28+,35-/m0/s1. The Labute approximate surface area is 301 Å². The predicted octanol–water partition coefficient (Wildman–Crippen LogP) is 4.26. The summed E-state index contributed by atoms with van der Waals surface area (Å²) in [5.41, 5.74) is -0.690. The number of rotatable bonds is 4. The summed E-state index contributed by atoms with van der Waals surface area (Å²) in [5, 5.41) is 10.5. The topological polar surface area (TPSA) is 174 Å². The highest BCUT2D eigenvalue weighted by Gasteiger charge is 2.67. The molecule has 3 aliphatic rings. The Morgan fingerprint density at radius 3 is 2.55 bits per heavy atom. The molecule has 17 heteroatoms. The fourth-order valence-electron chi connectivity index (χ4n) is 7.29. The smallest absolute Gasteiger partial charge is 0.377 e. The van der Waals surface area contributed by atoms with Crippen molar-refractivity contribution >= 4 is 40.2 Å². The lowest BCUT2D eigenvalue weighted by atomic mass is 9.86. The second-order valence-electron chi connectivity index (χ2n) is 14.7. The molecule has 53 heavy (non-hydrogen) atoms. The van der Waals surface area contributed by atoms with E-state index < -0.39 is 46.6 Å². The van der Waals surface area contributed by atoms with E-state index in [1.165, 1.54) is 28.8 Å². The van der Waals surface area contributed by atoms with Gasteiger partial charge >= 0.3 is 6.18 Å². The molecule has 2 bridgehead atoms. The number of Topliss-reactive ketones (excluding diaryl/α,β-unsaturated/α-hetero) is 1.